The maximum atomic E-state index is 13.3. The number of carbonyl (C=O) groups is 1. The summed E-state index contributed by atoms with van der Waals surface area (Å²) in [5.41, 5.74) is 1.86. The highest BCUT2D eigenvalue weighted by atomic mass is 32.2. The first-order valence-electron chi connectivity index (χ1n) is 12.7. The van der Waals surface area contributed by atoms with Crippen LogP contribution in [0.2, 0.25) is 0 Å². The van der Waals surface area contributed by atoms with Crippen LogP contribution in [0.3, 0.4) is 0 Å². The summed E-state index contributed by atoms with van der Waals surface area (Å²) >= 11 is 1.36. The van der Waals surface area contributed by atoms with E-state index in [1.807, 2.05) is 71.0 Å². The van der Waals surface area contributed by atoms with Crippen molar-refractivity contribution in [3.8, 4) is 17.2 Å². The largest absolute Gasteiger partial charge is 0.497 e. The van der Waals surface area contributed by atoms with E-state index in [-0.39, 0.29) is 17.5 Å². The average Bonchev–Trinajstić information content (AvgIpc) is 3.41. The molecule has 1 saturated heterocycles. The van der Waals surface area contributed by atoms with Gasteiger partial charge in [-0.2, -0.15) is 0 Å². The summed E-state index contributed by atoms with van der Waals surface area (Å²) in [6.07, 6.45) is -0.393. The topological polar surface area (TPSA) is 72.7 Å². The van der Waals surface area contributed by atoms with Crippen molar-refractivity contribution in [1.82, 2.24) is 19.7 Å². The van der Waals surface area contributed by atoms with Gasteiger partial charge in [-0.3, -0.25) is 9.36 Å². The van der Waals surface area contributed by atoms with Gasteiger partial charge < -0.3 is 19.3 Å². The summed E-state index contributed by atoms with van der Waals surface area (Å²) in [6, 6.07) is 23.7. The average molecular weight is 548 g/mol. The van der Waals surface area contributed by atoms with E-state index in [1.165, 1.54) is 23.9 Å². The molecule has 202 valence electrons. The number of halogens is 1. The number of thioether (sulfide) groups is 1. The van der Waals surface area contributed by atoms with Gasteiger partial charge in [-0.1, -0.05) is 30.0 Å². The molecule has 3 aromatic carbocycles. The van der Waals surface area contributed by atoms with E-state index in [0.717, 1.165) is 17.1 Å². The number of piperazine rings is 1. The molecule has 10 heteroatoms. The van der Waals surface area contributed by atoms with Gasteiger partial charge in [0.25, 0.3) is 0 Å². The van der Waals surface area contributed by atoms with E-state index in [4.69, 9.17) is 9.47 Å². The van der Waals surface area contributed by atoms with Crippen LogP contribution < -0.4 is 14.4 Å². The number of aromatic nitrogens is 3. The highest BCUT2D eigenvalue weighted by Gasteiger charge is 2.25. The molecule has 1 aromatic heterocycles. The smallest absolute Gasteiger partial charge is 0.233 e. The molecule has 1 amide bonds. The normalized spacial score (nSPS) is 14.2. The number of hydrogen-bond acceptors (Lipinski definition) is 7. The van der Waals surface area contributed by atoms with E-state index >= 15 is 0 Å². The summed E-state index contributed by atoms with van der Waals surface area (Å²) in [5, 5.41) is 9.50. The van der Waals surface area contributed by atoms with Gasteiger partial charge in [0.1, 0.15) is 17.3 Å². The highest BCUT2D eigenvalue weighted by Crippen LogP contribution is 2.29. The lowest BCUT2D eigenvalue weighted by Crippen LogP contribution is -2.49. The second-order valence-corrected chi connectivity index (χ2v) is 10.0. The molecule has 1 atom stereocenters. The third kappa shape index (κ3) is 6.34. The molecule has 0 radical (unpaired) electrons. The summed E-state index contributed by atoms with van der Waals surface area (Å²) in [4.78, 5) is 17.1. The highest BCUT2D eigenvalue weighted by molar-refractivity contribution is 7.99. The zero-order valence-electron chi connectivity index (χ0n) is 21.9. The Labute approximate surface area is 231 Å². The number of carbonyl (C=O) groups excluding carboxylic acids is 1. The predicted octanol–water partition coefficient (Wildman–Crippen LogP) is 5.00. The van der Waals surface area contributed by atoms with Crippen LogP contribution in [0.1, 0.15) is 18.9 Å². The zero-order chi connectivity index (χ0) is 27.2. The van der Waals surface area contributed by atoms with Gasteiger partial charge in [-0.25, -0.2) is 4.39 Å². The maximum absolute atomic E-state index is 13.3. The molecule has 1 fully saturated rings. The molecule has 5 rings (SSSR count). The number of hydrogen-bond donors (Lipinski definition) is 0. The van der Waals surface area contributed by atoms with Crippen molar-refractivity contribution >= 4 is 23.4 Å². The SMILES string of the molecule is COc1ccc(OC(C)c2nnc(SCC(=O)N3CCN(c4ccc(F)cc4)CC3)n2-c2ccccc2)cc1. The molecule has 0 saturated carbocycles. The first-order valence-corrected chi connectivity index (χ1v) is 13.7. The van der Waals surface area contributed by atoms with Gasteiger partial charge in [0.15, 0.2) is 17.1 Å². The molecule has 0 spiro atoms. The number of methoxy groups -OCH3 is 1. The Morgan fingerprint density at radius 2 is 1.56 bits per heavy atom. The number of ether oxygens (including phenoxy) is 2. The van der Waals surface area contributed by atoms with Crippen molar-refractivity contribution in [3.05, 3.63) is 90.5 Å². The van der Waals surface area contributed by atoms with Crippen LogP contribution in [0.4, 0.5) is 10.1 Å². The van der Waals surface area contributed by atoms with E-state index in [1.54, 1.807) is 19.2 Å². The summed E-state index contributed by atoms with van der Waals surface area (Å²) in [6.45, 7) is 4.55. The Bertz CT molecular complexity index is 1370. The van der Waals surface area contributed by atoms with Crippen molar-refractivity contribution in [1.29, 1.82) is 0 Å². The molecule has 1 aliphatic heterocycles. The Balaban J connectivity index is 1.25. The molecule has 1 aliphatic rings. The minimum atomic E-state index is -0.393. The number of benzene rings is 3. The van der Waals surface area contributed by atoms with E-state index in [9.17, 15) is 9.18 Å². The number of anilines is 1. The number of nitrogens with zero attached hydrogens (tertiary/aromatic N) is 5. The molecule has 39 heavy (non-hydrogen) atoms. The van der Waals surface area contributed by atoms with Crippen molar-refractivity contribution in [3.63, 3.8) is 0 Å². The molecule has 0 N–H and O–H groups in total. The number of rotatable bonds is 9. The minimum absolute atomic E-state index is 0.0467. The van der Waals surface area contributed by atoms with Crippen molar-refractivity contribution in [2.45, 2.75) is 18.2 Å². The van der Waals surface area contributed by atoms with Crippen molar-refractivity contribution in [2.24, 2.45) is 0 Å². The third-order valence-corrected chi connectivity index (χ3v) is 7.47. The second-order valence-electron chi connectivity index (χ2n) is 9.08. The van der Waals surface area contributed by atoms with Gasteiger partial charge in [-0.05, 0) is 67.6 Å². The Morgan fingerprint density at radius 3 is 2.23 bits per heavy atom. The summed E-state index contributed by atoms with van der Waals surface area (Å²) in [7, 11) is 1.62. The van der Waals surface area contributed by atoms with Crippen LogP contribution in [0, 0.1) is 5.82 Å². The Kier molecular flexibility index (Phi) is 8.31. The van der Waals surface area contributed by atoms with Crippen LogP contribution in [-0.2, 0) is 4.79 Å². The molecule has 2 heterocycles. The van der Waals surface area contributed by atoms with E-state index in [0.29, 0.717) is 42.9 Å². The van der Waals surface area contributed by atoms with Crippen molar-refractivity contribution < 1.29 is 18.7 Å². The fraction of sp³-hybridized carbons (Fsp3) is 0.276. The predicted molar refractivity (Wildman–Crippen MR) is 149 cm³/mol. The molecular weight excluding hydrogens is 517 g/mol. The van der Waals surface area contributed by atoms with Crippen LogP contribution in [0.25, 0.3) is 5.69 Å². The van der Waals surface area contributed by atoms with Gasteiger partial charge in [0.05, 0.1) is 12.9 Å². The lowest BCUT2D eigenvalue weighted by molar-refractivity contribution is -0.128. The van der Waals surface area contributed by atoms with Crippen LogP contribution in [-0.4, -0.2) is 64.6 Å². The number of amides is 1. The van der Waals surface area contributed by atoms with E-state index in [2.05, 4.69) is 15.1 Å². The van der Waals surface area contributed by atoms with E-state index < -0.39 is 6.10 Å². The summed E-state index contributed by atoms with van der Waals surface area (Å²) in [5.74, 6) is 2.12. The fourth-order valence-corrected chi connectivity index (χ4v) is 5.31. The second kappa shape index (κ2) is 12.2. The molecule has 4 aromatic rings. The van der Waals surface area contributed by atoms with Crippen LogP contribution >= 0.6 is 11.8 Å². The summed E-state index contributed by atoms with van der Waals surface area (Å²) < 4.78 is 26.6. The lowest BCUT2D eigenvalue weighted by atomic mass is 10.2. The van der Waals surface area contributed by atoms with Crippen LogP contribution in [0.15, 0.2) is 84.0 Å². The molecular formula is C29H30FN5O3S. The number of para-hydroxylation sites is 1. The molecule has 0 bridgehead atoms. The lowest BCUT2D eigenvalue weighted by Gasteiger charge is -2.36. The molecule has 0 aliphatic carbocycles. The fourth-order valence-electron chi connectivity index (χ4n) is 4.45. The van der Waals surface area contributed by atoms with Crippen LogP contribution in [0.5, 0.6) is 11.5 Å². The standard InChI is InChI=1S/C29H30FN5O3S/c1-21(38-26-14-12-25(37-2)13-15-26)28-31-32-29(35(28)24-6-4-3-5-7-24)39-20-27(36)34-18-16-33(17-19-34)23-10-8-22(30)9-11-23/h3-15,21H,16-20H2,1-2H3. The first kappa shape index (κ1) is 26.6. The Hall–Kier alpha value is -4.05. The quantitative estimate of drug-likeness (QED) is 0.273. The molecule has 8 nitrogen and oxygen atoms in total. The maximum Gasteiger partial charge on any atom is 0.233 e. The monoisotopic (exact) mass is 547 g/mol. The zero-order valence-corrected chi connectivity index (χ0v) is 22.7. The first-order chi connectivity index (χ1) is 19.0. The van der Waals surface area contributed by atoms with Gasteiger partial charge in [0.2, 0.25) is 5.91 Å². The van der Waals surface area contributed by atoms with Crippen molar-refractivity contribution in [2.75, 3.05) is 43.9 Å². The molecule has 1 unspecified atom stereocenters. The van der Waals surface area contributed by atoms with Gasteiger partial charge in [0, 0.05) is 37.6 Å². The van der Waals surface area contributed by atoms with Gasteiger partial charge in [-0.15, -0.1) is 10.2 Å². The third-order valence-electron chi connectivity index (χ3n) is 6.56. The van der Waals surface area contributed by atoms with Gasteiger partial charge >= 0.3 is 0 Å². The minimum Gasteiger partial charge on any atom is -0.497 e. The Morgan fingerprint density at radius 1 is 0.897 bits per heavy atom.